The number of nitrogens with one attached hydrogen (secondary N) is 2. The van der Waals surface area contributed by atoms with Crippen LogP contribution in [0.4, 0.5) is 4.39 Å². The Morgan fingerprint density at radius 2 is 2.10 bits per heavy atom. The number of aromatic amines is 1. The molecule has 0 unspecified atom stereocenters. The molecule has 0 bridgehead atoms. The van der Waals surface area contributed by atoms with Crippen molar-refractivity contribution < 1.29 is 13.9 Å². The SMILES string of the molecule is COc1ccc(Cl)c2c(=O)c3c([nH]c12)CCN(CC(=O)NCc1ccccc1F)C3. The van der Waals surface area contributed by atoms with Gasteiger partial charge in [0.2, 0.25) is 5.91 Å². The zero-order valence-electron chi connectivity index (χ0n) is 16.4. The van der Waals surface area contributed by atoms with Crippen LogP contribution in [0.5, 0.6) is 5.75 Å². The van der Waals surface area contributed by atoms with E-state index in [-0.39, 0.29) is 30.2 Å². The Labute approximate surface area is 177 Å². The predicted octanol–water partition coefficient (Wildman–Crippen LogP) is 3.00. The van der Waals surface area contributed by atoms with Crippen molar-refractivity contribution in [2.24, 2.45) is 0 Å². The van der Waals surface area contributed by atoms with Gasteiger partial charge in [-0.25, -0.2) is 4.39 Å². The third-order valence-electron chi connectivity index (χ3n) is 5.34. The number of ether oxygens (including phenoxy) is 1. The van der Waals surface area contributed by atoms with Crippen LogP contribution in [0.15, 0.2) is 41.2 Å². The number of hydrogen-bond acceptors (Lipinski definition) is 4. The Morgan fingerprint density at radius 1 is 1.30 bits per heavy atom. The van der Waals surface area contributed by atoms with Gasteiger partial charge in [0.1, 0.15) is 11.6 Å². The van der Waals surface area contributed by atoms with Crippen LogP contribution in [0.1, 0.15) is 16.8 Å². The summed E-state index contributed by atoms with van der Waals surface area (Å²) in [4.78, 5) is 30.7. The number of halogens is 2. The number of benzene rings is 2. The van der Waals surface area contributed by atoms with Gasteiger partial charge in [-0.05, 0) is 18.2 Å². The van der Waals surface area contributed by atoms with Crippen LogP contribution in [0, 0.1) is 5.82 Å². The maximum absolute atomic E-state index is 13.7. The lowest BCUT2D eigenvalue weighted by Crippen LogP contribution is -2.41. The van der Waals surface area contributed by atoms with Crippen molar-refractivity contribution >= 4 is 28.4 Å². The first-order chi connectivity index (χ1) is 14.5. The van der Waals surface area contributed by atoms with Crippen molar-refractivity contribution in [2.45, 2.75) is 19.5 Å². The first kappa shape index (κ1) is 20.4. The van der Waals surface area contributed by atoms with Gasteiger partial charge in [0.15, 0.2) is 5.43 Å². The topological polar surface area (TPSA) is 74.4 Å². The molecule has 1 aliphatic heterocycles. The molecular formula is C22H21ClFN3O3. The van der Waals surface area contributed by atoms with Crippen LogP contribution in [0.25, 0.3) is 10.9 Å². The molecule has 0 saturated heterocycles. The van der Waals surface area contributed by atoms with Crippen LogP contribution < -0.4 is 15.5 Å². The minimum Gasteiger partial charge on any atom is -0.495 e. The Balaban J connectivity index is 1.51. The number of rotatable bonds is 5. The van der Waals surface area contributed by atoms with Crippen molar-refractivity contribution in [3.8, 4) is 5.75 Å². The summed E-state index contributed by atoms with van der Waals surface area (Å²) in [5, 5.41) is 3.48. The van der Waals surface area contributed by atoms with E-state index in [1.54, 1.807) is 37.4 Å². The number of hydrogen-bond donors (Lipinski definition) is 2. The van der Waals surface area contributed by atoms with Gasteiger partial charge in [-0.1, -0.05) is 29.8 Å². The van der Waals surface area contributed by atoms with Crippen molar-refractivity contribution in [2.75, 3.05) is 20.2 Å². The number of H-pyrrole nitrogens is 1. The molecule has 2 aromatic carbocycles. The van der Waals surface area contributed by atoms with Crippen molar-refractivity contribution in [3.05, 3.63) is 74.3 Å². The molecule has 0 saturated carbocycles. The Kier molecular flexibility index (Phi) is 5.74. The van der Waals surface area contributed by atoms with Gasteiger partial charge in [0, 0.05) is 42.9 Å². The highest BCUT2D eigenvalue weighted by Gasteiger charge is 2.24. The van der Waals surface area contributed by atoms with Gasteiger partial charge in [0.05, 0.1) is 29.6 Å². The average Bonchev–Trinajstić information content (AvgIpc) is 2.74. The lowest BCUT2D eigenvalue weighted by Gasteiger charge is -2.28. The first-order valence-electron chi connectivity index (χ1n) is 9.60. The minimum absolute atomic E-state index is 0.122. The summed E-state index contributed by atoms with van der Waals surface area (Å²) < 4.78 is 19.1. The Morgan fingerprint density at radius 3 is 2.87 bits per heavy atom. The summed E-state index contributed by atoms with van der Waals surface area (Å²) in [5.41, 5.74) is 2.30. The van der Waals surface area contributed by atoms with Crippen LogP contribution in [-0.2, 0) is 24.3 Å². The summed E-state index contributed by atoms with van der Waals surface area (Å²) in [6.07, 6.45) is 0.594. The van der Waals surface area contributed by atoms with E-state index in [1.807, 2.05) is 4.90 Å². The molecule has 0 fully saturated rings. The van der Waals surface area contributed by atoms with Gasteiger partial charge < -0.3 is 15.0 Å². The van der Waals surface area contributed by atoms with Crippen LogP contribution >= 0.6 is 11.6 Å². The molecule has 1 amide bonds. The van der Waals surface area contributed by atoms with Crippen LogP contribution in [0.3, 0.4) is 0 Å². The van der Waals surface area contributed by atoms with E-state index >= 15 is 0 Å². The van der Waals surface area contributed by atoms with E-state index in [0.29, 0.717) is 52.3 Å². The summed E-state index contributed by atoms with van der Waals surface area (Å²) >= 11 is 6.28. The molecule has 0 aliphatic carbocycles. The standard InChI is InChI=1S/C22H21ClFN3O3/c1-30-18-7-6-15(23)20-21(18)26-17-8-9-27(11-14(17)22(20)29)12-19(28)25-10-13-4-2-3-5-16(13)24/h2-7H,8-12H2,1H3,(H,25,28)(H,26,29). The van der Waals surface area contributed by atoms with Crippen molar-refractivity contribution in [1.82, 2.24) is 15.2 Å². The number of fused-ring (bicyclic) bond motifs is 2. The largest absolute Gasteiger partial charge is 0.495 e. The smallest absolute Gasteiger partial charge is 0.234 e. The fourth-order valence-electron chi connectivity index (χ4n) is 3.77. The normalized spacial score (nSPS) is 13.8. The third kappa shape index (κ3) is 3.91. The van der Waals surface area contributed by atoms with E-state index in [2.05, 4.69) is 10.3 Å². The highest BCUT2D eigenvalue weighted by Crippen LogP contribution is 2.30. The van der Waals surface area contributed by atoms with E-state index in [0.717, 1.165) is 5.69 Å². The monoisotopic (exact) mass is 429 g/mol. The second-order valence-corrected chi connectivity index (χ2v) is 7.65. The number of amides is 1. The van der Waals surface area contributed by atoms with E-state index in [1.165, 1.54) is 6.07 Å². The first-order valence-corrected chi connectivity index (χ1v) is 9.98. The summed E-state index contributed by atoms with van der Waals surface area (Å²) in [6.45, 7) is 1.19. The fraction of sp³-hybridized carbons (Fsp3) is 0.273. The summed E-state index contributed by atoms with van der Waals surface area (Å²) in [6, 6.07) is 9.69. The van der Waals surface area contributed by atoms with Gasteiger partial charge in [-0.2, -0.15) is 0 Å². The number of aromatic nitrogens is 1. The average molecular weight is 430 g/mol. The van der Waals surface area contributed by atoms with Crippen molar-refractivity contribution in [1.29, 1.82) is 0 Å². The summed E-state index contributed by atoms with van der Waals surface area (Å²) in [5.74, 6) is -0.0155. The molecule has 2 N–H and O–H groups in total. The molecule has 0 spiro atoms. The fourth-order valence-corrected chi connectivity index (χ4v) is 4.01. The molecule has 0 atom stereocenters. The summed E-state index contributed by atoms with van der Waals surface area (Å²) in [7, 11) is 1.54. The lowest BCUT2D eigenvalue weighted by atomic mass is 10.0. The highest BCUT2D eigenvalue weighted by molar-refractivity contribution is 6.35. The maximum Gasteiger partial charge on any atom is 0.234 e. The quantitative estimate of drug-likeness (QED) is 0.654. The second kappa shape index (κ2) is 8.45. The highest BCUT2D eigenvalue weighted by atomic mass is 35.5. The van der Waals surface area contributed by atoms with E-state index in [9.17, 15) is 14.0 Å². The number of pyridine rings is 1. The molecule has 6 nitrogen and oxygen atoms in total. The minimum atomic E-state index is -0.351. The van der Waals surface area contributed by atoms with E-state index in [4.69, 9.17) is 16.3 Å². The zero-order valence-corrected chi connectivity index (χ0v) is 17.2. The molecule has 1 aromatic heterocycles. The molecule has 4 rings (SSSR count). The Bertz CT molecular complexity index is 1180. The van der Waals surface area contributed by atoms with Crippen LogP contribution in [-0.4, -0.2) is 36.0 Å². The zero-order chi connectivity index (χ0) is 21.3. The third-order valence-corrected chi connectivity index (χ3v) is 5.65. The van der Waals surface area contributed by atoms with Gasteiger partial charge in [0.25, 0.3) is 0 Å². The van der Waals surface area contributed by atoms with Gasteiger partial charge in [-0.3, -0.25) is 14.5 Å². The molecule has 30 heavy (non-hydrogen) atoms. The lowest BCUT2D eigenvalue weighted by molar-refractivity contribution is -0.122. The van der Waals surface area contributed by atoms with Gasteiger partial charge in [-0.15, -0.1) is 0 Å². The van der Waals surface area contributed by atoms with Gasteiger partial charge >= 0.3 is 0 Å². The number of carbonyl (C=O) groups excluding carboxylic acids is 1. The van der Waals surface area contributed by atoms with Crippen molar-refractivity contribution in [3.63, 3.8) is 0 Å². The molecule has 8 heteroatoms. The second-order valence-electron chi connectivity index (χ2n) is 7.24. The number of carbonyl (C=O) groups is 1. The molecular weight excluding hydrogens is 409 g/mol. The molecule has 2 heterocycles. The Hall–Kier alpha value is -2.90. The number of nitrogens with zero attached hydrogens (tertiary/aromatic N) is 1. The maximum atomic E-state index is 13.7. The van der Waals surface area contributed by atoms with E-state index < -0.39 is 0 Å². The van der Waals surface area contributed by atoms with Crippen LogP contribution in [0.2, 0.25) is 5.02 Å². The molecule has 1 aliphatic rings. The molecule has 156 valence electrons. The molecule has 3 aromatic rings. The molecule has 0 radical (unpaired) electrons. The predicted molar refractivity (Wildman–Crippen MR) is 113 cm³/mol. The number of methoxy groups -OCH3 is 1.